The summed E-state index contributed by atoms with van der Waals surface area (Å²) in [5.74, 6) is -1.16. The van der Waals surface area contributed by atoms with Crippen molar-refractivity contribution in [3.8, 4) is 5.75 Å². The number of aromatic nitrogens is 1. The fraction of sp³-hybridized carbons (Fsp3) is 0.143. The molecule has 2 aromatic carbocycles. The maximum absolute atomic E-state index is 13.9. The van der Waals surface area contributed by atoms with Crippen LogP contribution in [-0.2, 0) is 0 Å². The van der Waals surface area contributed by atoms with E-state index >= 15 is 0 Å². The first-order valence-corrected chi connectivity index (χ1v) is 9.15. The predicted molar refractivity (Wildman–Crippen MR) is 101 cm³/mol. The highest BCUT2D eigenvalue weighted by Crippen LogP contribution is 2.48. The quantitative estimate of drug-likeness (QED) is 0.592. The normalized spacial score (nSPS) is 20.2. The van der Waals surface area contributed by atoms with Crippen molar-refractivity contribution in [2.24, 2.45) is 5.10 Å². The number of hydrogen-bond donors (Lipinski definition) is 0. The zero-order valence-electron chi connectivity index (χ0n) is 14.5. The second-order valence-corrected chi connectivity index (χ2v) is 7.14. The summed E-state index contributed by atoms with van der Waals surface area (Å²) in [6.45, 7) is 0. The molecule has 0 saturated heterocycles. The average Bonchev–Trinajstić information content (AvgIpc) is 3.16. The summed E-state index contributed by atoms with van der Waals surface area (Å²) in [7, 11) is 0. The van der Waals surface area contributed by atoms with Gasteiger partial charge in [0.1, 0.15) is 5.75 Å². The Morgan fingerprint density at radius 2 is 1.82 bits per heavy atom. The van der Waals surface area contributed by atoms with Crippen LogP contribution in [0.2, 0.25) is 5.02 Å². The molecule has 3 heterocycles. The van der Waals surface area contributed by atoms with Gasteiger partial charge in [-0.15, -0.1) is 0 Å². The van der Waals surface area contributed by atoms with Gasteiger partial charge < -0.3 is 4.74 Å². The van der Waals surface area contributed by atoms with E-state index in [9.17, 15) is 8.78 Å². The van der Waals surface area contributed by atoms with E-state index in [0.29, 0.717) is 22.8 Å². The first kappa shape index (κ1) is 17.1. The van der Waals surface area contributed by atoms with Crippen LogP contribution in [0.1, 0.15) is 35.4 Å². The lowest BCUT2D eigenvalue weighted by Gasteiger charge is -2.38. The van der Waals surface area contributed by atoms with E-state index in [1.807, 2.05) is 18.2 Å². The summed E-state index contributed by atoms with van der Waals surface area (Å²) in [4.78, 5) is 4.05. The molecule has 0 aliphatic carbocycles. The van der Waals surface area contributed by atoms with Crippen LogP contribution in [0.15, 0.2) is 66.0 Å². The number of hydrazone groups is 1. The van der Waals surface area contributed by atoms with Gasteiger partial charge in [0.2, 0.25) is 6.23 Å². The number of benzene rings is 2. The SMILES string of the molecule is Fc1ccc([C@@H]2Oc3ccc(Cl)cc3[C@@H]3CC(c4ccncc4)=NN32)cc1F. The van der Waals surface area contributed by atoms with Crippen molar-refractivity contribution < 1.29 is 13.5 Å². The van der Waals surface area contributed by atoms with Crippen molar-refractivity contribution in [3.05, 3.63) is 94.3 Å². The molecule has 0 radical (unpaired) electrons. The molecule has 2 aliphatic rings. The number of ether oxygens (including phenoxy) is 1. The fourth-order valence-electron chi connectivity index (χ4n) is 3.66. The standard InChI is InChI=1S/C21H14ClF2N3O/c22-14-2-4-20-15(10-14)19-11-18(12-5-7-25-8-6-12)26-27(19)21(28-20)13-1-3-16(23)17(24)9-13/h1-10,19,21H,11H2/t19-,21-/m0/s1. The fourth-order valence-corrected chi connectivity index (χ4v) is 3.84. The Hall–Kier alpha value is -2.99. The number of pyridine rings is 1. The van der Waals surface area contributed by atoms with Crippen LogP contribution in [0, 0.1) is 11.6 Å². The van der Waals surface area contributed by atoms with Crippen LogP contribution in [0.5, 0.6) is 5.75 Å². The second kappa shape index (κ2) is 6.56. The molecule has 5 rings (SSSR count). The molecule has 0 N–H and O–H groups in total. The van der Waals surface area contributed by atoms with Gasteiger partial charge in [0, 0.05) is 40.5 Å². The lowest BCUT2D eigenvalue weighted by molar-refractivity contribution is -0.0192. The molecule has 0 fully saturated rings. The molecule has 2 atom stereocenters. The molecule has 0 saturated carbocycles. The number of hydrogen-bond acceptors (Lipinski definition) is 4. The molecular formula is C21H14ClF2N3O. The van der Waals surface area contributed by atoms with Crippen LogP contribution in [0.4, 0.5) is 8.78 Å². The van der Waals surface area contributed by atoms with Gasteiger partial charge in [-0.1, -0.05) is 17.7 Å². The number of halogens is 3. The molecule has 0 bridgehead atoms. The topological polar surface area (TPSA) is 37.7 Å². The number of fused-ring (bicyclic) bond motifs is 3. The Morgan fingerprint density at radius 3 is 2.61 bits per heavy atom. The van der Waals surface area contributed by atoms with Gasteiger partial charge in [0.05, 0.1) is 11.8 Å². The summed E-state index contributed by atoms with van der Waals surface area (Å²) in [6.07, 6.45) is 3.39. The lowest BCUT2D eigenvalue weighted by atomic mass is 9.96. The molecule has 7 heteroatoms. The van der Waals surface area contributed by atoms with Crippen LogP contribution in [0.25, 0.3) is 0 Å². The Kier molecular flexibility index (Phi) is 4.02. The molecule has 0 spiro atoms. The molecular weight excluding hydrogens is 384 g/mol. The maximum Gasteiger partial charge on any atom is 0.213 e. The zero-order valence-corrected chi connectivity index (χ0v) is 15.3. The Labute approximate surface area is 165 Å². The lowest BCUT2D eigenvalue weighted by Crippen LogP contribution is -2.33. The van der Waals surface area contributed by atoms with Crippen LogP contribution < -0.4 is 4.74 Å². The minimum Gasteiger partial charge on any atom is -0.464 e. The van der Waals surface area contributed by atoms with Crippen molar-refractivity contribution in [1.29, 1.82) is 0 Å². The van der Waals surface area contributed by atoms with Gasteiger partial charge in [-0.25, -0.2) is 13.8 Å². The highest BCUT2D eigenvalue weighted by atomic mass is 35.5. The van der Waals surface area contributed by atoms with Gasteiger partial charge >= 0.3 is 0 Å². The molecule has 4 nitrogen and oxygen atoms in total. The Bertz CT molecular complexity index is 1090. The van der Waals surface area contributed by atoms with E-state index < -0.39 is 17.9 Å². The first-order chi connectivity index (χ1) is 13.6. The van der Waals surface area contributed by atoms with Crippen molar-refractivity contribution in [2.45, 2.75) is 18.7 Å². The van der Waals surface area contributed by atoms with Gasteiger partial charge in [0.15, 0.2) is 11.6 Å². The third kappa shape index (κ3) is 2.81. The third-order valence-corrected chi connectivity index (χ3v) is 5.23. The molecule has 0 amide bonds. The average molecular weight is 398 g/mol. The highest BCUT2D eigenvalue weighted by molar-refractivity contribution is 6.30. The van der Waals surface area contributed by atoms with Crippen LogP contribution in [-0.4, -0.2) is 15.7 Å². The Balaban J connectivity index is 1.62. The molecule has 1 aromatic heterocycles. The predicted octanol–water partition coefficient (Wildman–Crippen LogP) is 5.26. The van der Waals surface area contributed by atoms with Crippen molar-refractivity contribution >= 4 is 17.3 Å². The van der Waals surface area contributed by atoms with Gasteiger partial charge in [-0.2, -0.15) is 5.10 Å². The minimum atomic E-state index is -0.919. The monoisotopic (exact) mass is 397 g/mol. The summed E-state index contributed by atoms with van der Waals surface area (Å²) >= 11 is 6.20. The van der Waals surface area contributed by atoms with E-state index in [2.05, 4.69) is 4.98 Å². The van der Waals surface area contributed by atoms with Gasteiger partial charge in [0.25, 0.3) is 0 Å². The summed E-state index contributed by atoms with van der Waals surface area (Å²) in [6, 6.07) is 12.8. The minimum absolute atomic E-state index is 0.122. The summed E-state index contributed by atoms with van der Waals surface area (Å²) in [5, 5.41) is 7.15. The van der Waals surface area contributed by atoms with Gasteiger partial charge in [-0.05, 0) is 42.5 Å². The van der Waals surface area contributed by atoms with E-state index in [4.69, 9.17) is 21.4 Å². The van der Waals surface area contributed by atoms with Crippen molar-refractivity contribution in [1.82, 2.24) is 9.99 Å². The molecule has 28 heavy (non-hydrogen) atoms. The van der Waals surface area contributed by atoms with Crippen LogP contribution in [0.3, 0.4) is 0 Å². The molecule has 0 unspecified atom stereocenters. The van der Waals surface area contributed by atoms with Gasteiger partial charge in [-0.3, -0.25) is 4.98 Å². The van der Waals surface area contributed by atoms with E-state index in [1.165, 1.54) is 6.07 Å². The van der Waals surface area contributed by atoms with Crippen molar-refractivity contribution in [2.75, 3.05) is 0 Å². The van der Waals surface area contributed by atoms with E-state index in [1.54, 1.807) is 29.5 Å². The maximum atomic E-state index is 13.9. The summed E-state index contributed by atoms with van der Waals surface area (Å²) in [5.41, 5.74) is 3.23. The van der Waals surface area contributed by atoms with E-state index in [0.717, 1.165) is 29.0 Å². The third-order valence-electron chi connectivity index (χ3n) is 4.99. The van der Waals surface area contributed by atoms with E-state index in [-0.39, 0.29) is 6.04 Å². The van der Waals surface area contributed by atoms with Crippen molar-refractivity contribution in [3.63, 3.8) is 0 Å². The Morgan fingerprint density at radius 1 is 1.00 bits per heavy atom. The highest BCUT2D eigenvalue weighted by Gasteiger charge is 2.41. The second-order valence-electron chi connectivity index (χ2n) is 6.71. The first-order valence-electron chi connectivity index (χ1n) is 8.77. The smallest absolute Gasteiger partial charge is 0.213 e. The number of nitrogens with zero attached hydrogens (tertiary/aromatic N) is 3. The largest absolute Gasteiger partial charge is 0.464 e. The number of rotatable bonds is 2. The summed E-state index contributed by atoms with van der Waals surface area (Å²) < 4.78 is 33.4. The zero-order chi connectivity index (χ0) is 19.3. The molecule has 3 aromatic rings. The molecule has 140 valence electrons. The molecule has 2 aliphatic heterocycles. The van der Waals surface area contributed by atoms with Crippen LogP contribution >= 0.6 is 11.6 Å².